The summed E-state index contributed by atoms with van der Waals surface area (Å²) < 4.78 is 16.2. The van der Waals surface area contributed by atoms with Crippen LogP contribution in [0.4, 0.5) is 0 Å². The van der Waals surface area contributed by atoms with Gasteiger partial charge in [-0.15, -0.1) is 20.4 Å². The molecule has 0 unspecified atom stereocenters. The van der Waals surface area contributed by atoms with Gasteiger partial charge in [0.2, 0.25) is 18.2 Å². The molecule has 0 aliphatic carbocycles. The first-order valence-corrected chi connectivity index (χ1v) is 8.58. The van der Waals surface area contributed by atoms with E-state index in [9.17, 15) is 4.79 Å². The lowest BCUT2D eigenvalue weighted by Gasteiger charge is -2.09. The topological polar surface area (TPSA) is 104 Å². The molecule has 0 aliphatic heterocycles. The minimum absolute atomic E-state index is 0.228. The van der Waals surface area contributed by atoms with Crippen LogP contribution in [0.25, 0.3) is 22.9 Å². The summed E-state index contributed by atoms with van der Waals surface area (Å²) in [4.78, 5) is 12.4. The highest BCUT2D eigenvalue weighted by Crippen LogP contribution is 2.24. The van der Waals surface area contributed by atoms with Crippen molar-refractivity contribution in [3.63, 3.8) is 0 Å². The van der Waals surface area contributed by atoms with Crippen molar-refractivity contribution in [1.82, 2.24) is 20.4 Å². The molecule has 0 saturated heterocycles. The standard InChI is InChI=1S/C20H16N4O4/c1-12-3-5-15(6-4-12)19-24-23-17(28-19)13(2)27-20(25)16-9-7-14(8-10-16)18-22-21-11-26-18/h3-11,13H,1-2H3/t13-/m0/s1. The maximum atomic E-state index is 12.4. The molecular weight excluding hydrogens is 360 g/mol. The van der Waals surface area contributed by atoms with Gasteiger partial charge in [0.1, 0.15) is 0 Å². The summed E-state index contributed by atoms with van der Waals surface area (Å²) in [5, 5.41) is 15.5. The van der Waals surface area contributed by atoms with Gasteiger partial charge in [0, 0.05) is 11.1 Å². The fourth-order valence-electron chi connectivity index (χ4n) is 2.54. The van der Waals surface area contributed by atoms with Gasteiger partial charge in [-0.05, 0) is 50.2 Å². The van der Waals surface area contributed by atoms with Gasteiger partial charge in [0.25, 0.3) is 5.89 Å². The molecule has 28 heavy (non-hydrogen) atoms. The summed E-state index contributed by atoms with van der Waals surface area (Å²) in [6.45, 7) is 3.68. The van der Waals surface area contributed by atoms with Gasteiger partial charge in [-0.3, -0.25) is 0 Å². The molecule has 0 bridgehead atoms. The number of rotatable bonds is 5. The Morgan fingerprint density at radius 1 is 0.929 bits per heavy atom. The van der Waals surface area contributed by atoms with E-state index < -0.39 is 12.1 Å². The largest absolute Gasteiger partial charge is 0.449 e. The Labute approximate surface area is 160 Å². The first-order valence-electron chi connectivity index (χ1n) is 8.58. The first kappa shape index (κ1) is 17.6. The summed E-state index contributed by atoms with van der Waals surface area (Å²) in [5.41, 5.74) is 3.03. The third-order valence-corrected chi connectivity index (χ3v) is 4.10. The normalized spacial score (nSPS) is 11.9. The molecule has 4 rings (SSSR count). The van der Waals surface area contributed by atoms with Crippen LogP contribution >= 0.6 is 0 Å². The number of aryl methyl sites for hydroxylation is 1. The van der Waals surface area contributed by atoms with Crippen molar-refractivity contribution in [3.8, 4) is 22.9 Å². The molecular formula is C20H16N4O4. The molecule has 0 radical (unpaired) electrons. The molecule has 0 spiro atoms. The highest BCUT2D eigenvalue weighted by Gasteiger charge is 2.20. The van der Waals surface area contributed by atoms with Crippen molar-refractivity contribution < 1.29 is 18.4 Å². The molecule has 4 aromatic rings. The van der Waals surface area contributed by atoms with Gasteiger partial charge in [-0.25, -0.2) is 4.79 Å². The Balaban J connectivity index is 1.44. The lowest BCUT2D eigenvalue weighted by molar-refractivity contribution is 0.0280. The number of esters is 1. The number of benzene rings is 2. The minimum Gasteiger partial charge on any atom is -0.449 e. The Morgan fingerprint density at radius 2 is 1.61 bits per heavy atom. The predicted octanol–water partition coefficient (Wildman–Crippen LogP) is 4.01. The Bertz CT molecular complexity index is 1070. The highest BCUT2D eigenvalue weighted by molar-refractivity contribution is 5.90. The molecule has 0 N–H and O–H groups in total. The lowest BCUT2D eigenvalue weighted by atomic mass is 10.1. The number of hydrogen-bond donors (Lipinski definition) is 0. The molecule has 0 amide bonds. The van der Waals surface area contributed by atoms with Crippen molar-refractivity contribution >= 4 is 5.97 Å². The van der Waals surface area contributed by atoms with E-state index in [4.69, 9.17) is 13.6 Å². The first-order chi connectivity index (χ1) is 13.6. The summed E-state index contributed by atoms with van der Waals surface area (Å²) in [5.74, 6) is 0.482. The molecule has 2 aromatic carbocycles. The van der Waals surface area contributed by atoms with Crippen LogP contribution < -0.4 is 0 Å². The van der Waals surface area contributed by atoms with Crippen molar-refractivity contribution in [2.24, 2.45) is 0 Å². The van der Waals surface area contributed by atoms with E-state index in [0.717, 1.165) is 11.1 Å². The zero-order valence-corrected chi connectivity index (χ0v) is 15.2. The summed E-state index contributed by atoms with van der Waals surface area (Å²) >= 11 is 0. The van der Waals surface area contributed by atoms with Crippen molar-refractivity contribution in [3.05, 3.63) is 71.9 Å². The Morgan fingerprint density at radius 3 is 2.29 bits per heavy atom. The molecule has 140 valence electrons. The minimum atomic E-state index is -0.685. The molecule has 2 heterocycles. The fraction of sp³-hybridized carbons (Fsp3) is 0.150. The van der Waals surface area contributed by atoms with Gasteiger partial charge in [-0.1, -0.05) is 17.7 Å². The lowest BCUT2D eigenvalue weighted by Crippen LogP contribution is -2.09. The van der Waals surface area contributed by atoms with E-state index in [1.807, 2.05) is 31.2 Å². The van der Waals surface area contributed by atoms with Crippen molar-refractivity contribution in [2.45, 2.75) is 20.0 Å². The SMILES string of the molecule is Cc1ccc(-c2nnc([C@H](C)OC(=O)c3ccc(-c4nnco4)cc3)o2)cc1. The second-order valence-corrected chi connectivity index (χ2v) is 6.18. The van der Waals surface area contributed by atoms with E-state index in [2.05, 4.69) is 20.4 Å². The van der Waals surface area contributed by atoms with E-state index >= 15 is 0 Å². The predicted molar refractivity (Wildman–Crippen MR) is 98.0 cm³/mol. The number of aromatic nitrogens is 4. The van der Waals surface area contributed by atoms with Gasteiger partial charge in [0.05, 0.1) is 5.56 Å². The monoisotopic (exact) mass is 376 g/mol. The number of hydrogen-bond acceptors (Lipinski definition) is 8. The quantitative estimate of drug-likeness (QED) is 0.481. The zero-order chi connectivity index (χ0) is 19.5. The van der Waals surface area contributed by atoms with E-state index in [1.54, 1.807) is 31.2 Å². The number of carbonyl (C=O) groups is 1. The molecule has 0 fully saturated rings. The smallest absolute Gasteiger partial charge is 0.338 e. The van der Waals surface area contributed by atoms with Gasteiger partial charge in [0.15, 0.2) is 6.10 Å². The van der Waals surface area contributed by atoms with Crippen molar-refractivity contribution in [2.75, 3.05) is 0 Å². The summed E-state index contributed by atoms with van der Waals surface area (Å²) in [7, 11) is 0. The molecule has 0 aliphatic rings. The third-order valence-electron chi connectivity index (χ3n) is 4.10. The molecule has 8 heteroatoms. The maximum absolute atomic E-state index is 12.4. The van der Waals surface area contributed by atoms with Crippen LogP contribution in [-0.2, 0) is 4.74 Å². The number of carbonyl (C=O) groups excluding carboxylic acids is 1. The molecule has 0 saturated carbocycles. The number of ether oxygens (including phenoxy) is 1. The van der Waals surface area contributed by atoms with Crippen LogP contribution in [0.1, 0.15) is 34.8 Å². The Kier molecular flexibility index (Phi) is 4.67. The van der Waals surface area contributed by atoms with E-state index in [-0.39, 0.29) is 5.89 Å². The van der Waals surface area contributed by atoms with Gasteiger partial charge in [-0.2, -0.15) is 0 Å². The summed E-state index contributed by atoms with van der Waals surface area (Å²) in [6.07, 6.45) is 0.559. The third kappa shape index (κ3) is 3.66. The van der Waals surface area contributed by atoms with Crippen molar-refractivity contribution in [1.29, 1.82) is 0 Å². The second-order valence-electron chi connectivity index (χ2n) is 6.18. The number of nitrogens with zero attached hydrogens (tertiary/aromatic N) is 4. The van der Waals surface area contributed by atoms with Crippen LogP contribution in [0.15, 0.2) is 63.8 Å². The van der Waals surface area contributed by atoms with Gasteiger partial charge < -0.3 is 13.6 Å². The molecule has 1 atom stereocenters. The second kappa shape index (κ2) is 7.43. The van der Waals surface area contributed by atoms with Gasteiger partial charge >= 0.3 is 5.97 Å². The Hall–Kier alpha value is -3.81. The van der Waals surface area contributed by atoms with Crippen LogP contribution in [-0.4, -0.2) is 26.4 Å². The average molecular weight is 376 g/mol. The molecule has 8 nitrogen and oxygen atoms in total. The maximum Gasteiger partial charge on any atom is 0.338 e. The summed E-state index contributed by atoms with van der Waals surface area (Å²) in [6, 6.07) is 14.4. The van der Waals surface area contributed by atoms with Crippen LogP contribution in [0.2, 0.25) is 0 Å². The zero-order valence-electron chi connectivity index (χ0n) is 15.2. The van der Waals surface area contributed by atoms with E-state index in [1.165, 1.54) is 6.39 Å². The van der Waals surface area contributed by atoms with Crippen LogP contribution in [0, 0.1) is 6.92 Å². The highest BCUT2D eigenvalue weighted by atomic mass is 16.6. The fourth-order valence-corrected chi connectivity index (χ4v) is 2.54. The molecule has 2 aromatic heterocycles. The van der Waals surface area contributed by atoms with E-state index in [0.29, 0.717) is 22.9 Å². The average Bonchev–Trinajstić information content (AvgIpc) is 3.41. The van der Waals surface area contributed by atoms with Crippen LogP contribution in [0.3, 0.4) is 0 Å². The van der Waals surface area contributed by atoms with Crippen LogP contribution in [0.5, 0.6) is 0 Å².